The number of ether oxygens (including phenoxy) is 1. The molecule has 45 heavy (non-hydrogen) atoms. The predicted molar refractivity (Wildman–Crippen MR) is 163 cm³/mol. The third-order valence-corrected chi connectivity index (χ3v) is 6.99. The first kappa shape index (κ1) is 31.7. The lowest BCUT2D eigenvalue weighted by Crippen LogP contribution is -2.32. The first-order chi connectivity index (χ1) is 21.4. The summed E-state index contributed by atoms with van der Waals surface area (Å²) in [6.07, 6.45) is -1.35. The molecule has 1 atom stereocenters. The van der Waals surface area contributed by atoms with Gasteiger partial charge in [-0.15, -0.1) is 0 Å². The number of nitrogens with one attached hydrogen (secondary N) is 3. The lowest BCUT2D eigenvalue weighted by Gasteiger charge is -2.20. The van der Waals surface area contributed by atoms with Crippen LogP contribution in [0.3, 0.4) is 0 Å². The van der Waals surface area contributed by atoms with Crippen molar-refractivity contribution in [3.05, 3.63) is 107 Å². The van der Waals surface area contributed by atoms with E-state index in [1.165, 1.54) is 18.9 Å². The van der Waals surface area contributed by atoms with E-state index in [0.717, 1.165) is 28.6 Å². The van der Waals surface area contributed by atoms with Crippen molar-refractivity contribution in [2.24, 2.45) is 5.92 Å². The maximum atomic E-state index is 13.8. The normalized spacial score (nSPS) is 14.1. The van der Waals surface area contributed by atoms with Crippen LogP contribution in [0.1, 0.15) is 72.7 Å². The second-order valence-electron chi connectivity index (χ2n) is 12.0. The van der Waals surface area contributed by atoms with Gasteiger partial charge in [0.1, 0.15) is 11.3 Å². The van der Waals surface area contributed by atoms with E-state index in [2.05, 4.69) is 26.0 Å². The second-order valence-corrected chi connectivity index (χ2v) is 12.0. The molecular formula is C33H35F3N6O3. The average molecular weight is 621 g/mol. The van der Waals surface area contributed by atoms with Crippen molar-refractivity contribution >= 4 is 17.7 Å². The molecule has 0 bridgehead atoms. The molecule has 9 nitrogen and oxygen atoms in total. The van der Waals surface area contributed by atoms with Crippen LogP contribution in [-0.2, 0) is 17.5 Å². The third kappa shape index (κ3) is 8.69. The van der Waals surface area contributed by atoms with Crippen LogP contribution in [0.15, 0.2) is 79.0 Å². The van der Waals surface area contributed by atoms with Crippen LogP contribution in [0.5, 0.6) is 0 Å². The van der Waals surface area contributed by atoms with Gasteiger partial charge in [-0.05, 0) is 93.6 Å². The zero-order chi connectivity index (χ0) is 32.2. The van der Waals surface area contributed by atoms with Gasteiger partial charge in [0.2, 0.25) is 0 Å². The van der Waals surface area contributed by atoms with Gasteiger partial charge in [0.05, 0.1) is 17.4 Å². The number of benzene rings is 2. The van der Waals surface area contributed by atoms with Gasteiger partial charge in [-0.1, -0.05) is 30.3 Å². The zero-order valence-electron chi connectivity index (χ0n) is 25.2. The molecule has 236 valence electrons. The Morgan fingerprint density at radius 3 is 2.47 bits per heavy atom. The van der Waals surface area contributed by atoms with Gasteiger partial charge in [-0.25, -0.2) is 9.48 Å². The van der Waals surface area contributed by atoms with Gasteiger partial charge in [-0.3, -0.25) is 9.78 Å². The number of aromatic nitrogens is 3. The number of alkyl halides is 3. The van der Waals surface area contributed by atoms with Crippen LogP contribution in [0.4, 0.5) is 23.7 Å². The summed E-state index contributed by atoms with van der Waals surface area (Å²) >= 11 is 0. The number of carbonyl (C=O) groups is 2. The van der Waals surface area contributed by atoms with E-state index in [1.807, 2.05) is 24.3 Å². The fraction of sp³-hybridized carbons (Fsp3) is 0.333. The quantitative estimate of drug-likeness (QED) is 0.183. The molecule has 1 unspecified atom stereocenters. The summed E-state index contributed by atoms with van der Waals surface area (Å²) < 4.78 is 47.5. The van der Waals surface area contributed by atoms with Crippen molar-refractivity contribution in [1.29, 1.82) is 0 Å². The van der Waals surface area contributed by atoms with Crippen LogP contribution < -0.4 is 16.0 Å². The minimum Gasteiger partial charge on any atom is -0.444 e. The topological polar surface area (TPSA) is 110 Å². The van der Waals surface area contributed by atoms with Gasteiger partial charge in [0, 0.05) is 24.5 Å². The summed E-state index contributed by atoms with van der Waals surface area (Å²) in [4.78, 5) is 30.1. The Morgan fingerprint density at radius 2 is 1.78 bits per heavy atom. The van der Waals surface area contributed by atoms with Crippen molar-refractivity contribution in [2.45, 2.75) is 58.0 Å². The summed E-state index contributed by atoms with van der Waals surface area (Å²) in [6, 6.07) is 19.7. The van der Waals surface area contributed by atoms with Gasteiger partial charge in [-0.2, -0.15) is 18.3 Å². The van der Waals surface area contributed by atoms with Crippen molar-refractivity contribution in [1.82, 2.24) is 25.4 Å². The van der Waals surface area contributed by atoms with Crippen LogP contribution in [-0.4, -0.2) is 38.9 Å². The van der Waals surface area contributed by atoms with Crippen molar-refractivity contribution in [2.75, 3.05) is 11.9 Å². The molecule has 0 aliphatic heterocycles. The monoisotopic (exact) mass is 620 g/mol. The molecule has 3 N–H and O–H groups in total. The predicted octanol–water partition coefficient (Wildman–Crippen LogP) is 6.65. The number of alkyl carbamates (subject to hydrolysis) is 1. The molecule has 0 radical (unpaired) electrons. The molecular weight excluding hydrogens is 585 g/mol. The van der Waals surface area contributed by atoms with E-state index >= 15 is 0 Å². The van der Waals surface area contributed by atoms with Crippen molar-refractivity contribution < 1.29 is 27.5 Å². The average Bonchev–Trinajstić information content (AvgIpc) is 3.69. The number of amides is 2. The lowest BCUT2D eigenvalue weighted by molar-refractivity contribution is -0.141. The fourth-order valence-electron chi connectivity index (χ4n) is 4.70. The number of anilines is 1. The van der Waals surface area contributed by atoms with E-state index in [0.29, 0.717) is 17.2 Å². The molecule has 1 fully saturated rings. The number of carbonyl (C=O) groups excluding carboxylic acids is 2. The molecule has 4 aromatic rings. The Balaban J connectivity index is 1.39. The molecule has 2 aromatic carbocycles. The number of nitrogens with zero attached hydrogens (tertiary/aromatic N) is 3. The van der Waals surface area contributed by atoms with E-state index in [4.69, 9.17) is 4.74 Å². The number of hydrogen-bond donors (Lipinski definition) is 3. The van der Waals surface area contributed by atoms with Gasteiger partial charge >= 0.3 is 12.3 Å². The Hall–Kier alpha value is -4.71. The fourth-order valence-corrected chi connectivity index (χ4v) is 4.70. The highest BCUT2D eigenvalue weighted by Gasteiger charge is 2.36. The van der Waals surface area contributed by atoms with Gasteiger partial charge in [0.15, 0.2) is 5.69 Å². The molecule has 2 heterocycles. The van der Waals surface area contributed by atoms with Crippen molar-refractivity contribution in [3.63, 3.8) is 0 Å². The molecule has 1 aliphatic carbocycles. The van der Waals surface area contributed by atoms with E-state index in [1.54, 1.807) is 63.4 Å². The molecule has 2 aromatic heterocycles. The molecule has 2 amide bonds. The Labute approximate surface area is 259 Å². The Kier molecular flexibility index (Phi) is 9.24. The third-order valence-electron chi connectivity index (χ3n) is 6.99. The maximum absolute atomic E-state index is 13.8. The van der Waals surface area contributed by atoms with E-state index < -0.39 is 29.5 Å². The van der Waals surface area contributed by atoms with Gasteiger partial charge in [0.25, 0.3) is 5.91 Å². The highest BCUT2D eigenvalue weighted by molar-refractivity contribution is 6.03. The number of halogens is 3. The summed E-state index contributed by atoms with van der Waals surface area (Å²) in [5, 5.41) is 12.7. The Morgan fingerprint density at radius 1 is 1.00 bits per heavy atom. The summed E-state index contributed by atoms with van der Waals surface area (Å²) in [5.41, 5.74) is 0.647. The molecule has 1 saturated carbocycles. The molecule has 0 spiro atoms. The maximum Gasteiger partial charge on any atom is 0.435 e. The Bertz CT molecular complexity index is 1650. The molecule has 5 rings (SSSR count). The highest BCUT2D eigenvalue weighted by atomic mass is 19.4. The standard InChI is InChI=1S/C33H35F3N6O3/c1-32(2,3)45-31(44)39-20-22-8-6-11-25(16-22)42-27(18-28(41-42)33(34,35)36)30(43)40-24-10-7-9-23(17-24)29(38-19-21-13-14-21)26-12-4-5-15-37-26/h4-12,15-18,21,29,38H,13-14,19-20H2,1-3H3,(H,39,44)(H,40,43). The number of hydrogen-bond acceptors (Lipinski definition) is 6. The van der Waals surface area contributed by atoms with Crippen LogP contribution in [0.25, 0.3) is 5.69 Å². The smallest absolute Gasteiger partial charge is 0.435 e. The SMILES string of the molecule is CC(C)(C)OC(=O)NCc1cccc(-n2nc(C(F)(F)F)cc2C(=O)Nc2cccc(C(NCC3CC3)c3ccccn3)c2)c1. The summed E-state index contributed by atoms with van der Waals surface area (Å²) in [5.74, 6) is -0.151. The minimum absolute atomic E-state index is 0.0523. The van der Waals surface area contributed by atoms with Crippen LogP contribution in [0, 0.1) is 5.92 Å². The number of rotatable bonds is 10. The van der Waals surface area contributed by atoms with Crippen LogP contribution in [0.2, 0.25) is 0 Å². The highest BCUT2D eigenvalue weighted by Crippen LogP contribution is 2.32. The van der Waals surface area contributed by atoms with Crippen molar-refractivity contribution in [3.8, 4) is 5.69 Å². The molecule has 12 heteroatoms. The van der Waals surface area contributed by atoms with E-state index in [9.17, 15) is 22.8 Å². The molecule has 1 aliphatic rings. The van der Waals surface area contributed by atoms with Gasteiger partial charge < -0.3 is 20.7 Å². The van der Waals surface area contributed by atoms with E-state index in [-0.39, 0.29) is 24.0 Å². The first-order valence-corrected chi connectivity index (χ1v) is 14.6. The lowest BCUT2D eigenvalue weighted by atomic mass is 10.0. The second kappa shape index (κ2) is 13.1. The summed E-state index contributed by atoms with van der Waals surface area (Å²) in [6.45, 7) is 6.07. The largest absolute Gasteiger partial charge is 0.444 e. The zero-order valence-corrected chi connectivity index (χ0v) is 25.2. The number of pyridine rings is 1. The first-order valence-electron chi connectivity index (χ1n) is 14.6. The molecule has 0 saturated heterocycles. The summed E-state index contributed by atoms with van der Waals surface area (Å²) in [7, 11) is 0. The van der Waals surface area contributed by atoms with Crippen LogP contribution >= 0.6 is 0 Å². The minimum atomic E-state index is -4.78.